The highest BCUT2D eigenvalue weighted by Crippen LogP contribution is 2.13. The van der Waals surface area contributed by atoms with Crippen LogP contribution in [0.15, 0.2) is 35.7 Å². The Morgan fingerprint density at radius 2 is 1.77 bits per heavy atom. The summed E-state index contributed by atoms with van der Waals surface area (Å²) in [6.07, 6.45) is 6.33. The molecular weight excluding hydrogens is 332 g/mol. The van der Waals surface area contributed by atoms with Gasteiger partial charge in [-0.2, -0.15) is 0 Å². The van der Waals surface area contributed by atoms with Gasteiger partial charge in [-0.05, 0) is 5.10 Å². The van der Waals surface area contributed by atoms with E-state index in [-0.39, 0.29) is 17.3 Å². The molecule has 2 rings (SSSR count). The third kappa shape index (κ3) is 4.51. The van der Waals surface area contributed by atoms with Crippen molar-refractivity contribution in [1.82, 2.24) is 15.1 Å². The molecule has 2 aromatic rings. The van der Waals surface area contributed by atoms with Crippen LogP contribution in [0.3, 0.4) is 0 Å². The quantitative estimate of drug-likeness (QED) is 0.486. The van der Waals surface area contributed by atoms with Crippen molar-refractivity contribution in [2.45, 2.75) is 11.4 Å². The maximum absolute atomic E-state index is 11.3. The Morgan fingerprint density at radius 1 is 1.14 bits per heavy atom. The maximum Gasteiger partial charge on any atom is 0.197 e. The molecular formula is C11H12N4O5S2. The summed E-state index contributed by atoms with van der Waals surface area (Å²) in [5, 5.41) is 3.94. The van der Waals surface area contributed by atoms with Gasteiger partial charge in [-0.1, -0.05) is 4.68 Å². The predicted molar refractivity (Wildman–Crippen MR) is 73.1 cm³/mol. The summed E-state index contributed by atoms with van der Waals surface area (Å²) in [7, 11) is -7.66. The SMILES string of the molecule is CS(=O)(=O)c1cnc(-c2cc[n+](CCS(=O)(=O)[O-])nc2)nc1. The Labute approximate surface area is 127 Å². The Balaban J connectivity index is 2.17. The van der Waals surface area contributed by atoms with Crippen molar-refractivity contribution in [3.05, 3.63) is 30.9 Å². The summed E-state index contributed by atoms with van der Waals surface area (Å²) < 4.78 is 55.5. The summed E-state index contributed by atoms with van der Waals surface area (Å²) >= 11 is 0. The van der Waals surface area contributed by atoms with E-state index in [1.807, 2.05) is 0 Å². The van der Waals surface area contributed by atoms with E-state index in [1.165, 1.54) is 29.5 Å². The summed E-state index contributed by atoms with van der Waals surface area (Å²) in [5.41, 5.74) is 0.529. The molecule has 118 valence electrons. The van der Waals surface area contributed by atoms with Gasteiger partial charge >= 0.3 is 0 Å². The lowest BCUT2D eigenvalue weighted by Gasteiger charge is -2.03. The predicted octanol–water partition coefficient (Wildman–Crippen LogP) is -1.23. The normalized spacial score (nSPS) is 12.3. The molecule has 9 nitrogen and oxygen atoms in total. The molecule has 0 aromatic carbocycles. The average Bonchev–Trinajstić information content (AvgIpc) is 2.44. The molecule has 0 amide bonds. The molecule has 0 saturated carbocycles. The van der Waals surface area contributed by atoms with Gasteiger partial charge in [-0.15, -0.1) is 0 Å². The minimum absolute atomic E-state index is 0.0101. The van der Waals surface area contributed by atoms with Crippen molar-refractivity contribution in [2.75, 3.05) is 12.0 Å². The summed E-state index contributed by atoms with van der Waals surface area (Å²) in [5.74, 6) is -0.271. The highest BCUT2D eigenvalue weighted by atomic mass is 32.2. The molecule has 0 N–H and O–H groups in total. The third-order valence-electron chi connectivity index (χ3n) is 2.66. The van der Waals surface area contributed by atoms with Crippen molar-refractivity contribution in [2.24, 2.45) is 0 Å². The van der Waals surface area contributed by atoms with Crippen LogP contribution in [0.1, 0.15) is 0 Å². The zero-order valence-electron chi connectivity index (χ0n) is 11.4. The highest BCUT2D eigenvalue weighted by molar-refractivity contribution is 7.90. The van der Waals surface area contributed by atoms with Crippen LogP contribution in [0.5, 0.6) is 0 Å². The fourth-order valence-electron chi connectivity index (χ4n) is 1.51. The monoisotopic (exact) mass is 344 g/mol. The summed E-state index contributed by atoms with van der Waals surface area (Å²) in [6, 6.07) is 1.58. The second kappa shape index (κ2) is 6.02. The van der Waals surface area contributed by atoms with Crippen molar-refractivity contribution < 1.29 is 26.1 Å². The summed E-state index contributed by atoms with van der Waals surface area (Å²) in [6.45, 7) is -0.0556. The summed E-state index contributed by atoms with van der Waals surface area (Å²) in [4.78, 5) is 7.90. The Kier molecular flexibility index (Phi) is 4.49. The first-order valence-corrected chi connectivity index (χ1v) is 9.44. The smallest absolute Gasteiger partial charge is 0.197 e. The fraction of sp³-hybridized carbons (Fsp3) is 0.273. The van der Waals surface area contributed by atoms with E-state index in [2.05, 4.69) is 15.1 Å². The molecule has 0 atom stereocenters. The molecule has 22 heavy (non-hydrogen) atoms. The Bertz CT molecular complexity index is 862. The molecule has 0 aliphatic heterocycles. The number of rotatable bonds is 5. The van der Waals surface area contributed by atoms with Crippen LogP contribution in [0.25, 0.3) is 11.4 Å². The molecule has 0 aliphatic rings. The third-order valence-corrected chi connectivity index (χ3v) is 4.41. The van der Waals surface area contributed by atoms with Crippen LogP contribution in [-0.4, -0.2) is 48.5 Å². The van der Waals surface area contributed by atoms with E-state index in [1.54, 1.807) is 6.07 Å². The number of hydrogen-bond acceptors (Lipinski definition) is 8. The number of aromatic nitrogens is 4. The van der Waals surface area contributed by atoms with Gasteiger partial charge in [0.1, 0.15) is 21.2 Å². The van der Waals surface area contributed by atoms with Gasteiger partial charge in [0.2, 0.25) is 0 Å². The molecule has 0 spiro atoms. The number of nitrogens with zero attached hydrogens (tertiary/aromatic N) is 4. The van der Waals surface area contributed by atoms with Crippen molar-refractivity contribution >= 4 is 20.0 Å². The van der Waals surface area contributed by atoms with Crippen LogP contribution in [-0.2, 0) is 26.5 Å². The molecule has 0 radical (unpaired) electrons. The number of aryl methyl sites for hydroxylation is 1. The Morgan fingerprint density at radius 3 is 2.23 bits per heavy atom. The van der Waals surface area contributed by atoms with Gasteiger partial charge in [0.25, 0.3) is 0 Å². The first-order valence-electron chi connectivity index (χ1n) is 5.97. The van der Waals surface area contributed by atoms with Crippen molar-refractivity contribution in [3.8, 4) is 11.4 Å². The van der Waals surface area contributed by atoms with E-state index in [0.717, 1.165) is 6.26 Å². The number of hydrogen-bond donors (Lipinski definition) is 0. The lowest BCUT2D eigenvalue weighted by Crippen LogP contribution is -2.40. The van der Waals surface area contributed by atoms with Gasteiger partial charge in [-0.3, -0.25) is 0 Å². The molecule has 11 heteroatoms. The first kappa shape index (κ1) is 16.4. The standard InChI is InChI=1S/C11H12N4O5S2/c1-21(16,17)10-7-12-11(13-8-10)9-2-3-15(14-6-9)4-5-22(18,19)20/h2-3,6-8H,4-5H2,1H3. The largest absolute Gasteiger partial charge is 0.748 e. The molecule has 0 aliphatic carbocycles. The van der Waals surface area contributed by atoms with Gasteiger partial charge in [0, 0.05) is 30.3 Å². The zero-order valence-corrected chi connectivity index (χ0v) is 13.1. The average molecular weight is 344 g/mol. The minimum atomic E-state index is -4.30. The minimum Gasteiger partial charge on any atom is -0.748 e. The van der Waals surface area contributed by atoms with E-state index in [0.29, 0.717) is 5.56 Å². The lowest BCUT2D eigenvalue weighted by molar-refractivity contribution is -0.750. The highest BCUT2D eigenvalue weighted by Gasteiger charge is 2.11. The molecule has 0 bridgehead atoms. The second-order valence-corrected chi connectivity index (χ2v) is 7.99. The van der Waals surface area contributed by atoms with E-state index < -0.39 is 25.7 Å². The van der Waals surface area contributed by atoms with E-state index in [9.17, 15) is 21.4 Å². The fourth-order valence-corrected chi connectivity index (χ4v) is 2.41. The topological polar surface area (TPSA) is 134 Å². The van der Waals surface area contributed by atoms with E-state index in [4.69, 9.17) is 0 Å². The first-order chi connectivity index (χ1) is 10.1. The van der Waals surface area contributed by atoms with Crippen LogP contribution in [0.2, 0.25) is 0 Å². The second-order valence-electron chi connectivity index (χ2n) is 4.46. The van der Waals surface area contributed by atoms with Crippen LogP contribution in [0.4, 0.5) is 0 Å². The maximum atomic E-state index is 11.3. The molecule has 0 unspecified atom stereocenters. The van der Waals surface area contributed by atoms with Gasteiger partial charge in [0.05, 0.1) is 5.75 Å². The van der Waals surface area contributed by atoms with Crippen molar-refractivity contribution in [1.29, 1.82) is 0 Å². The van der Waals surface area contributed by atoms with E-state index >= 15 is 0 Å². The van der Waals surface area contributed by atoms with Crippen LogP contribution < -0.4 is 4.68 Å². The molecule has 2 heterocycles. The van der Waals surface area contributed by atoms with Gasteiger partial charge < -0.3 is 4.55 Å². The van der Waals surface area contributed by atoms with Crippen LogP contribution >= 0.6 is 0 Å². The van der Waals surface area contributed by atoms with Crippen molar-refractivity contribution in [3.63, 3.8) is 0 Å². The van der Waals surface area contributed by atoms with Gasteiger partial charge in [0.15, 0.2) is 28.4 Å². The molecule has 0 saturated heterocycles. The molecule has 2 aromatic heterocycles. The number of sulfone groups is 1. The zero-order chi connectivity index (χ0) is 16.4. The van der Waals surface area contributed by atoms with Crippen LogP contribution in [0, 0.1) is 0 Å². The Hall–Kier alpha value is -1.98. The lowest BCUT2D eigenvalue weighted by atomic mass is 10.3. The van der Waals surface area contributed by atoms with Gasteiger partial charge in [-0.25, -0.2) is 26.8 Å². The molecule has 0 fully saturated rings.